The Hall–Kier alpha value is -3.39. The van der Waals surface area contributed by atoms with E-state index in [1.807, 2.05) is 71.5 Å². The first-order chi connectivity index (χ1) is 17.7. The Kier molecular flexibility index (Phi) is 7.81. The van der Waals surface area contributed by atoms with Gasteiger partial charge in [0.2, 0.25) is 5.91 Å². The van der Waals surface area contributed by atoms with E-state index < -0.39 is 0 Å². The smallest absolute Gasteiger partial charge is 0.232 e. The second-order valence-corrected chi connectivity index (χ2v) is 10.2. The van der Waals surface area contributed by atoms with Gasteiger partial charge >= 0.3 is 0 Å². The number of carbonyl (C=O) groups is 1. The summed E-state index contributed by atoms with van der Waals surface area (Å²) in [5.41, 5.74) is 2.79. The number of benzene rings is 2. The van der Waals surface area contributed by atoms with Crippen LogP contribution in [-0.4, -0.2) is 51.0 Å². The fraction of sp³-hybridized carbons (Fsp3) is 0.357. The first-order valence-corrected chi connectivity index (χ1v) is 13.7. The van der Waals surface area contributed by atoms with Gasteiger partial charge in [0, 0.05) is 19.6 Å². The van der Waals surface area contributed by atoms with E-state index in [4.69, 9.17) is 9.97 Å². The lowest BCUT2D eigenvalue weighted by molar-refractivity contribution is -0.121. The highest BCUT2D eigenvalue weighted by Gasteiger charge is 2.23. The molecule has 36 heavy (non-hydrogen) atoms. The van der Waals surface area contributed by atoms with Crippen LogP contribution in [0.1, 0.15) is 43.2 Å². The Morgan fingerprint density at radius 1 is 0.972 bits per heavy atom. The van der Waals surface area contributed by atoms with E-state index in [1.165, 1.54) is 19.3 Å². The standard InChI is InChI=1S/C28H32N6OS/c1-2-36-28-31-25(33-17-10-5-11-18-33)23-20-30-34(26(23)32-28)19-16-29-27(35)24(21-12-6-3-7-13-21)22-14-8-4-9-15-22/h3-4,6-9,12-15,20,24H,2,5,10-11,16-19H2,1H3,(H,29,35). The second kappa shape index (κ2) is 11.6. The zero-order chi connectivity index (χ0) is 24.7. The van der Waals surface area contributed by atoms with Crippen molar-refractivity contribution < 1.29 is 4.79 Å². The van der Waals surface area contributed by atoms with Crippen molar-refractivity contribution in [3.05, 3.63) is 78.0 Å². The molecule has 2 aromatic heterocycles. The highest BCUT2D eigenvalue weighted by Crippen LogP contribution is 2.29. The predicted molar refractivity (Wildman–Crippen MR) is 146 cm³/mol. The second-order valence-electron chi connectivity index (χ2n) is 8.96. The lowest BCUT2D eigenvalue weighted by atomic mass is 9.90. The van der Waals surface area contributed by atoms with Crippen LogP contribution >= 0.6 is 11.8 Å². The lowest BCUT2D eigenvalue weighted by Crippen LogP contribution is -2.32. The number of thioether (sulfide) groups is 1. The quantitative estimate of drug-likeness (QED) is 0.261. The monoisotopic (exact) mass is 500 g/mol. The van der Waals surface area contributed by atoms with Crippen molar-refractivity contribution in [3.8, 4) is 0 Å². The molecule has 1 fully saturated rings. The topological polar surface area (TPSA) is 75.9 Å². The molecule has 0 saturated carbocycles. The third-order valence-electron chi connectivity index (χ3n) is 6.54. The highest BCUT2D eigenvalue weighted by molar-refractivity contribution is 7.99. The Bertz CT molecular complexity index is 1250. The molecule has 3 heterocycles. The molecule has 0 aliphatic carbocycles. The SMILES string of the molecule is CCSc1nc(N2CCCCC2)c2cnn(CCNC(=O)C(c3ccccc3)c3ccccc3)c2n1. The Morgan fingerprint density at radius 2 is 1.64 bits per heavy atom. The molecule has 0 atom stereocenters. The Labute approximate surface area is 216 Å². The van der Waals surface area contributed by atoms with Crippen molar-refractivity contribution in [1.82, 2.24) is 25.1 Å². The summed E-state index contributed by atoms with van der Waals surface area (Å²) in [5.74, 6) is 1.52. The molecule has 5 rings (SSSR count). The van der Waals surface area contributed by atoms with Gasteiger partial charge in [0.15, 0.2) is 10.8 Å². The minimum atomic E-state index is -0.359. The average molecular weight is 501 g/mol. The van der Waals surface area contributed by atoms with Crippen molar-refractivity contribution >= 4 is 34.5 Å². The van der Waals surface area contributed by atoms with Gasteiger partial charge in [0.25, 0.3) is 0 Å². The molecular weight excluding hydrogens is 468 g/mol. The molecule has 4 aromatic rings. The van der Waals surface area contributed by atoms with Gasteiger partial charge in [0.05, 0.1) is 24.0 Å². The molecule has 0 bridgehead atoms. The number of hydrogen-bond acceptors (Lipinski definition) is 6. The van der Waals surface area contributed by atoms with Gasteiger partial charge < -0.3 is 10.2 Å². The molecule has 1 saturated heterocycles. The Balaban J connectivity index is 1.35. The molecule has 186 valence electrons. The van der Waals surface area contributed by atoms with Gasteiger partial charge in [-0.3, -0.25) is 4.79 Å². The average Bonchev–Trinajstić information content (AvgIpc) is 3.33. The first kappa shape index (κ1) is 24.3. The van der Waals surface area contributed by atoms with Gasteiger partial charge in [-0.1, -0.05) is 79.3 Å². The van der Waals surface area contributed by atoms with Crippen molar-refractivity contribution in [2.24, 2.45) is 0 Å². The van der Waals surface area contributed by atoms with E-state index in [0.717, 1.165) is 52.0 Å². The largest absolute Gasteiger partial charge is 0.356 e. The van der Waals surface area contributed by atoms with Crippen molar-refractivity contribution in [1.29, 1.82) is 0 Å². The molecule has 8 heteroatoms. The van der Waals surface area contributed by atoms with Crippen molar-refractivity contribution in [2.45, 2.75) is 43.8 Å². The molecule has 1 aliphatic heterocycles. The number of nitrogens with zero attached hydrogens (tertiary/aromatic N) is 5. The lowest BCUT2D eigenvalue weighted by Gasteiger charge is -2.28. The normalized spacial score (nSPS) is 13.9. The third-order valence-corrected chi connectivity index (χ3v) is 7.26. The molecule has 1 amide bonds. The fourth-order valence-corrected chi connectivity index (χ4v) is 5.36. The molecule has 2 aromatic carbocycles. The summed E-state index contributed by atoms with van der Waals surface area (Å²) in [6, 6.07) is 19.8. The predicted octanol–water partition coefficient (Wildman–Crippen LogP) is 4.88. The first-order valence-electron chi connectivity index (χ1n) is 12.7. The number of rotatable bonds is 9. The number of fused-ring (bicyclic) bond motifs is 1. The number of nitrogens with one attached hydrogen (secondary N) is 1. The summed E-state index contributed by atoms with van der Waals surface area (Å²) in [6.45, 7) is 5.15. The van der Waals surface area contributed by atoms with E-state index in [9.17, 15) is 4.79 Å². The molecular formula is C28H32N6OS. The van der Waals surface area contributed by atoms with Crippen LogP contribution < -0.4 is 10.2 Å². The van der Waals surface area contributed by atoms with Crippen LogP contribution in [-0.2, 0) is 11.3 Å². The highest BCUT2D eigenvalue weighted by atomic mass is 32.2. The number of carbonyl (C=O) groups excluding carboxylic acids is 1. The number of anilines is 1. The minimum Gasteiger partial charge on any atom is -0.356 e. The number of amides is 1. The van der Waals surface area contributed by atoms with Crippen LogP contribution in [0.2, 0.25) is 0 Å². The van der Waals surface area contributed by atoms with E-state index in [0.29, 0.717) is 13.1 Å². The minimum absolute atomic E-state index is 0.0188. The van der Waals surface area contributed by atoms with Crippen LogP contribution in [0, 0.1) is 0 Å². The van der Waals surface area contributed by atoms with E-state index in [2.05, 4.69) is 22.2 Å². The van der Waals surface area contributed by atoms with Gasteiger partial charge in [-0.05, 0) is 36.1 Å². The van der Waals surface area contributed by atoms with E-state index in [-0.39, 0.29) is 11.8 Å². The Morgan fingerprint density at radius 3 is 2.28 bits per heavy atom. The van der Waals surface area contributed by atoms with Gasteiger partial charge in [0.1, 0.15) is 5.82 Å². The number of aromatic nitrogens is 4. The maximum Gasteiger partial charge on any atom is 0.232 e. The summed E-state index contributed by atoms with van der Waals surface area (Å²) in [5, 5.41) is 9.54. The van der Waals surface area contributed by atoms with Gasteiger partial charge in [-0.2, -0.15) is 5.10 Å². The summed E-state index contributed by atoms with van der Waals surface area (Å²) in [4.78, 5) is 25.4. The van der Waals surface area contributed by atoms with E-state index in [1.54, 1.807) is 11.8 Å². The van der Waals surface area contributed by atoms with Crippen molar-refractivity contribution in [2.75, 3.05) is 30.3 Å². The van der Waals surface area contributed by atoms with Crippen LogP contribution in [0.4, 0.5) is 5.82 Å². The van der Waals surface area contributed by atoms with Crippen LogP contribution in [0.3, 0.4) is 0 Å². The molecule has 0 radical (unpaired) electrons. The number of hydrogen-bond donors (Lipinski definition) is 1. The third kappa shape index (κ3) is 5.38. The molecule has 1 aliphatic rings. The number of piperidine rings is 1. The van der Waals surface area contributed by atoms with Crippen molar-refractivity contribution in [3.63, 3.8) is 0 Å². The molecule has 0 spiro atoms. The van der Waals surface area contributed by atoms with Crippen LogP contribution in [0.5, 0.6) is 0 Å². The van der Waals surface area contributed by atoms with Gasteiger partial charge in [-0.15, -0.1) is 0 Å². The zero-order valence-electron chi connectivity index (χ0n) is 20.6. The molecule has 7 nitrogen and oxygen atoms in total. The summed E-state index contributed by atoms with van der Waals surface area (Å²) in [6.07, 6.45) is 5.52. The maximum absolute atomic E-state index is 13.4. The summed E-state index contributed by atoms with van der Waals surface area (Å²) in [7, 11) is 0. The van der Waals surface area contributed by atoms with E-state index >= 15 is 0 Å². The zero-order valence-corrected chi connectivity index (χ0v) is 21.5. The summed E-state index contributed by atoms with van der Waals surface area (Å²) < 4.78 is 1.89. The van der Waals surface area contributed by atoms with Crippen LogP contribution in [0.15, 0.2) is 72.0 Å². The molecule has 0 unspecified atom stereocenters. The summed E-state index contributed by atoms with van der Waals surface area (Å²) >= 11 is 1.65. The fourth-order valence-electron chi connectivity index (χ4n) is 4.80. The maximum atomic E-state index is 13.4. The molecule has 1 N–H and O–H groups in total. The van der Waals surface area contributed by atoms with Gasteiger partial charge in [-0.25, -0.2) is 14.6 Å². The van der Waals surface area contributed by atoms with Crippen LogP contribution in [0.25, 0.3) is 11.0 Å².